The van der Waals surface area contributed by atoms with Gasteiger partial charge in [-0.15, -0.1) is 11.8 Å². The molecular formula is C20H19Cl3N2OS. The Kier molecular flexibility index (Phi) is 7.92. The van der Waals surface area contributed by atoms with Crippen molar-refractivity contribution in [3.05, 3.63) is 81.8 Å². The van der Waals surface area contributed by atoms with Crippen LogP contribution in [0.1, 0.15) is 18.1 Å². The molecule has 0 saturated carbocycles. The van der Waals surface area contributed by atoms with Gasteiger partial charge in [-0.1, -0.05) is 40.9 Å². The summed E-state index contributed by atoms with van der Waals surface area (Å²) in [5, 5.41) is 1.98. The number of rotatable bonds is 9. The van der Waals surface area contributed by atoms with Crippen LogP contribution in [0, 0.1) is 0 Å². The topological polar surface area (TPSA) is 27.1 Å². The minimum atomic E-state index is -0.163. The van der Waals surface area contributed by atoms with Gasteiger partial charge in [0.15, 0.2) is 0 Å². The molecule has 1 atom stereocenters. The van der Waals surface area contributed by atoms with Crippen molar-refractivity contribution in [2.45, 2.75) is 24.0 Å². The van der Waals surface area contributed by atoms with Crippen LogP contribution in [0.4, 0.5) is 0 Å². The predicted octanol–water partition coefficient (Wildman–Crippen LogP) is 6.78. The summed E-state index contributed by atoms with van der Waals surface area (Å²) in [5.41, 5.74) is 0.931. The maximum absolute atomic E-state index is 6.39. The van der Waals surface area contributed by atoms with Crippen molar-refractivity contribution in [3.63, 3.8) is 0 Å². The van der Waals surface area contributed by atoms with Crippen molar-refractivity contribution >= 4 is 46.6 Å². The molecule has 1 unspecified atom stereocenters. The molecule has 0 saturated heterocycles. The van der Waals surface area contributed by atoms with Crippen LogP contribution in [0.3, 0.4) is 0 Å². The summed E-state index contributed by atoms with van der Waals surface area (Å²) in [4.78, 5) is 5.30. The number of aromatic nitrogens is 2. The highest BCUT2D eigenvalue weighted by molar-refractivity contribution is 7.99. The molecular weight excluding hydrogens is 423 g/mol. The molecule has 0 fully saturated rings. The van der Waals surface area contributed by atoms with Gasteiger partial charge in [0.1, 0.15) is 6.10 Å². The van der Waals surface area contributed by atoms with E-state index in [1.54, 1.807) is 30.4 Å². The second-order valence-electron chi connectivity index (χ2n) is 5.94. The number of thioether (sulfide) groups is 1. The van der Waals surface area contributed by atoms with Gasteiger partial charge in [-0.2, -0.15) is 0 Å². The Hall–Kier alpha value is -1.17. The van der Waals surface area contributed by atoms with Gasteiger partial charge in [0.25, 0.3) is 0 Å². The lowest BCUT2D eigenvalue weighted by molar-refractivity contribution is 0.0414. The first-order valence-electron chi connectivity index (χ1n) is 8.52. The van der Waals surface area contributed by atoms with Gasteiger partial charge in [-0.3, -0.25) is 0 Å². The Morgan fingerprint density at radius 1 is 1.04 bits per heavy atom. The third-order valence-corrected chi connectivity index (χ3v) is 5.85. The molecule has 0 amide bonds. The zero-order valence-electron chi connectivity index (χ0n) is 14.5. The molecule has 0 radical (unpaired) electrons. The van der Waals surface area contributed by atoms with E-state index >= 15 is 0 Å². The summed E-state index contributed by atoms with van der Waals surface area (Å²) in [6.07, 6.45) is 6.21. The predicted molar refractivity (Wildman–Crippen MR) is 114 cm³/mol. The Balaban J connectivity index is 1.55. The van der Waals surface area contributed by atoms with Crippen molar-refractivity contribution in [1.29, 1.82) is 0 Å². The zero-order valence-corrected chi connectivity index (χ0v) is 17.6. The monoisotopic (exact) mass is 440 g/mol. The van der Waals surface area contributed by atoms with Gasteiger partial charge >= 0.3 is 0 Å². The maximum Gasteiger partial charge on any atom is 0.102 e. The van der Waals surface area contributed by atoms with Crippen molar-refractivity contribution < 1.29 is 4.74 Å². The number of hydrogen-bond donors (Lipinski definition) is 0. The molecule has 3 aromatic rings. The SMILES string of the molecule is Clc1ccc(SCCCOC(Cn2ccnc2)c2ccc(Cl)cc2Cl)cc1. The fraction of sp³-hybridized carbons (Fsp3) is 0.250. The quantitative estimate of drug-likeness (QED) is 0.270. The summed E-state index contributed by atoms with van der Waals surface area (Å²) in [7, 11) is 0. The van der Waals surface area contributed by atoms with E-state index in [0.717, 1.165) is 22.8 Å². The molecule has 3 rings (SSSR count). The van der Waals surface area contributed by atoms with Crippen LogP contribution >= 0.6 is 46.6 Å². The Bertz CT molecular complexity index is 841. The molecule has 2 aromatic carbocycles. The number of benzene rings is 2. The highest BCUT2D eigenvalue weighted by atomic mass is 35.5. The summed E-state index contributed by atoms with van der Waals surface area (Å²) in [5.74, 6) is 0.966. The number of ether oxygens (including phenoxy) is 1. The van der Waals surface area contributed by atoms with Gasteiger partial charge in [0.05, 0.1) is 12.9 Å². The van der Waals surface area contributed by atoms with Gasteiger partial charge in [0, 0.05) is 50.3 Å². The van der Waals surface area contributed by atoms with Gasteiger partial charge in [-0.25, -0.2) is 4.98 Å². The molecule has 0 bridgehead atoms. The highest BCUT2D eigenvalue weighted by Crippen LogP contribution is 2.30. The Labute approximate surface area is 178 Å². The normalized spacial score (nSPS) is 12.3. The summed E-state index contributed by atoms with van der Waals surface area (Å²) in [6, 6.07) is 13.4. The first-order chi connectivity index (χ1) is 13.1. The smallest absolute Gasteiger partial charge is 0.102 e. The number of imidazole rings is 1. The molecule has 1 heterocycles. The lowest BCUT2D eigenvalue weighted by Crippen LogP contribution is -2.13. The molecule has 0 spiro atoms. The standard InChI is InChI=1S/C20H19Cl3N2OS/c21-15-2-5-17(6-3-15)27-11-1-10-26-20(13-25-9-8-24-14-25)18-7-4-16(22)12-19(18)23/h2-9,12,14,20H,1,10-11,13H2. The summed E-state index contributed by atoms with van der Waals surface area (Å²) >= 11 is 20.1. The van der Waals surface area contributed by atoms with Crippen LogP contribution in [0.5, 0.6) is 0 Å². The third kappa shape index (κ3) is 6.44. The van der Waals surface area contributed by atoms with E-state index in [4.69, 9.17) is 39.5 Å². The zero-order chi connectivity index (χ0) is 19.1. The van der Waals surface area contributed by atoms with Gasteiger partial charge < -0.3 is 9.30 Å². The average Bonchev–Trinajstić information content (AvgIpc) is 3.15. The highest BCUT2D eigenvalue weighted by Gasteiger charge is 2.16. The lowest BCUT2D eigenvalue weighted by atomic mass is 10.1. The molecule has 0 N–H and O–H groups in total. The van der Waals surface area contributed by atoms with Crippen molar-refractivity contribution in [2.75, 3.05) is 12.4 Å². The maximum atomic E-state index is 6.39. The lowest BCUT2D eigenvalue weighted by Gasteiger charge is -2.20. The van der Waals surface area contributed by atoms with Crippen molar-refractivity contribution in [2.24, 2.45) is 0 Å². The van der Waals surface area contributed by atoms with E-state index in [1.807, 2.05) is 47.2 Å². The molecule has 0 aliphatic carbocycles. The van der Waals surface area contributed by atoms with Crippen LogP contribution in [0.2, 0.25) is 15.1 Å². The molecule has 0 aliphatic heterocycles. The second kappa shape index (κ2) is 10.4. The van der Waals surface area contributed by atoms with Crippen molar-refractivity contribution in [3.8, 4) is 0 Å². The molecule has 142 valence electrons. The largest absolute Gasteiger partial charge is 0.372 e. The van der Waals surface area contributed by atoms with Crippen LogP contribution < -0.4 is 0 Å². The average molecular weight is 442 g/mol. The molecule has 1 aromatic heterocycles. The van der Waals surface area contributed by atoms with Crippen molar-refractivity contribution in [1.82, 2.24) is 9.55 Å². The fourth-order valence-corrected chi connectivity index (χ4v) is 4.08. The van der Waals surface area contributed by atoms with Crippen LogP contribution in [0.25, 0.3) is 0 Å². The number of nitrogens with zero attached hydrogens (tertiary/aromatic N) is 2. The summed E-state index contributed by atoms with van der Waals surface area (Å²) < 4.78 is 8.15. The minimum Gasteiger partial charge on any atom is -0.372 e. The fourth-order valence-electron chi connectivity index (χ4n) is 2.60. The van der Waals surface area contributed by atoms with E-state index in [0.29, 0.717) is 23.2 Å². The Morgan fingerprint density at radius 3 is 2.52 bits per heavy atom. The Morgan fingerprint density at radius 2 is 1.81 bits per heavy atom. The van der Waals surface area contributed by atoms with E-state index in [-0.39, 0.29) is 6.10 Å². The second-order valence-corrected chi connectivity index (χ2v) is 8.39. The molecule has 0 aliphatic rings. The van der Waals surface area contributed by atoms with E-state index in [2.05, 4.69) is 4.98 Å². The number of halogens is 3. The van der Waals surface area contributed by atoms with Crippen LogP contribution in [-0.4, -0.2) is 21.9 Å². The first kappa shape index (κ1) is 20.6. The molecule has 3 nitrogen and oxygen atoms in total. The van der Waals surface area contributed by atoms with E-state index in [1.165, 1.54) is 4.90 Å². The number of hydrogen-bond acceptors (Lipinski definition) is 3. The van der Waals surface area contributed by atoms with Crippen LogP contribution in [0.15, 0.2) is 66.1 Å². The van der Waals surface area contributed by atoms with Gasteiger partial charge in [-0.05, 0) is 42.8 Å². The molecule has 7 heteroatoms. The first-order valence-corrected chi connectivity index (χ1v) is 10.6. The molecule has 27 heavy (non-hydrogen) atoms. The van der Waals surface area contributed by atoms with Crippen LogP contribution in [-0.2, 0) is 11.3 Å². The van der Waals surface area contributed by atoms with E-state index < -0.39 is 0 Å². The third-order valence-electron chi connectivity index (χ3n) is 3.94. The summed E-state index contributed by atoms with van der Waals surface area (Å²) in [6.45, 7) is 1.28. The minimum absolute atomic E-state index is 0.163. The van der Waals surface area contributed by atoms with E-state index in [9.17, 15) is 0 Å². The van der Waals surface area contributed by atoms with Gasteiger partial charge in [0.2, 0.25) is 0 Å².